The molecule has 0 aliphatic rings. The lowest BCUT2D eigenvalue weighted by molar-refractivity contribution is -0.0499. The molecule has 3 aromatic rings. The van der Waals surface area contributed by atoms with Crippen LogP contribution in [0.4, 0.5) is 14.6 Å². The zero-order valence-corrected chi connectivity index (χ0v) is 15.6. The van der Waals surface area contributed by atoms with Crippen LogP contribution in [-0.2, 0) is 0 Å². The van der Waals surface area contributed by atoms with Crippen molar-refractivity contribution in [1.82, 2.24) is 9.97 Å². The summed E-state index contributed by atoms with van der Waals surface area (Å²) < 4.78 is 29.9. The molecule has 8 heteroatoms. The first-order valence-corrected chi connectivity index (χ1v) is 8.75. The standard InChI is InChI=1S/C18H18F2N4OS/c1-9-5-6-14(25-18(19)20)13(7-9)11(3)23-24-16-15-10(2)12(4)26-17(15)22-8-21-16/h5-8,18H,1-4H3,(H,21,22,24)/b23-11-. The number of nitrogens with one attached hydrogen (secondary N) is 1. The van der Waals surface area contributed by atoms with E-state index in [0.29, 0.717) is 17.1 Å². The molecule has 0 fully saturated rings. The van der Waals surface area contributed by atoms with Gasteiger partial charge in [-0.05, 0) is 45.4 Å². The third kappa shape index (κ3) is 3.65. The van der Waals surface area contributed by atoms with E-state index in [1.54, 1.807) is 30.4 Å². The minimum absolute atomic E-state index is 0.0871. The van der Waals surface area contributed by atoms with Crippen molar-refractivity contribution in [3.8, 4) is 5.75 Å². The van der Waals surface area contributed by atoms with Crippen LogP contribution in [0.2, 0.25) is 0 Å². The average molecular weight is 376 g/mol. The first kappa shape index (κ1) is 18.2. The second-order valence-corrected chi connectivity index (χ2v) is 7.08. The molecular weight excluding hydrogens is 358 g/mol. The predicted molar refractivity (Wildman–Crippen MR) is 101 cm³/mol. The van der Waals surface area contributed by atoms with Gasteiger partial charge in [-0.1, -0.05) is 11.6 Å². The number of benzene rings is 1. The fourth-order valence-corrected chi connectivity index (χ4v) is 3.59. The third-order valence-electron chi connectivity index (χ3n) is 4.04. The molecule has 136 valence electrons. The van der Waals surface area contributed by atoms with Gasteiger partial charge in [0.2, 0.25) is 0 Å². The van der Waals surface area contributed by atoms with Crippen LogP contribution in [0.1, 0.15) is 28.5 Å². The van der Waals surface area contributed by atoms with Crippen LogP contribution >= 0.6 is 11.3 Å². The molecule has 0 spiro atoms. The van der Waals surface area contributed by atoms with Crippen LogP contribution in [0.15, 0.2) is 29.6 Å². The Balaban J connectivity index is 1.96. The SMILES string of the molecule is C/C(=N/Nc1ncnc2sc(C)c(C)c12)c1cc(C)ccc1OC(F)F. The Labute approximate surface area is 153 Å². The molecular formula is C18H18F2N4OS. The van der Waals surface area contributed by atoms with Crippen LogP contribution < -0.4 is 10.2 Å². The summed E-state index contributed by atoms with van der Waals surface area (Å²) in [6.45, 7) is 4.75. The Morgan fingerprint density at radius 2 is 2.00 bits per heavy atom. The van der Waals surface area contributed by atoms with Gasteiger partial charge in [-0.2, -0.15) is 13.9 Å². The number of aromatic nitrogens is 2. The maximum atomic E-state index is 12.6. The van der Waals surface area contributed by atoms with Gasteiger partial charge in [0.05, 0.1) is 11.1 Å². The molecule has 0 radical (unpaired) electrons. The normalized spacial score (nSPS) is 12.0. The summed E-state index contributed by atoms with van der Waals surface area (Å²) in [7, 11) is 0. The zero-order chi connectivity index (χ0) is 18.8. The summed E-state index contributed by atoms with van der Waals surface area (Å²) in [4.78, 5) is 10.6. The van der Waals surface area contributed by atoms with Gasteiger partial charge in [0, 0.05) is 10.4 Å². The molecule has 0 amide bonds. The molecule has 2 aromatic heterocycles. The number of thiophene rings is 1. The van der Waals surface area contributed by atoms with Crippen molar-refractivity contribution < 1.29 is 13.5 Å². The first-order valence-electron chi connectivity index (χ1n) is 7.93. The molecule has 2 heterocycles. The van der Waals surface area contributed by atoms with E-state index in [1.807, 2.05) is 20.8 Å². The van der Waals surface area contributed by atoms with Gasteiger partial charge in [-0.25, -0.2) is 9.97 Å². The van der Waals surface area contributed by atoms with Crippen molar-refractivity contribution >= 4 is 33.1 Å². The lowest BCUT2D eigenvalue weighted by Gasteiger charge is -2.12. The molecule has 0 saturated carbocycles. The molecule has 1 aromatic carbocycles. The second-order valence-electron chi connectivity index (χ2n) is 5.87. The molecule has 1 N–H and O–H groups in total. The molecule has 0 aliphatic heterocycles. The number of halogens is 2. The fraction of sp³-hybridized carbons (Fsp3) is 0.278. The highest BCUT2D eigenvalue weighted by atomic mass is 32.1. The number of hydrogen-bond donors (Lipinski definition) is 1. The van der Waals surface area contributed by atoms with Crippen molar-refractivity contribution in [2.45, 2.75) is 34.3 Å². The van der Waals surface area contributed by atoms with Crippen molar-refractivity contribution in [1.29, 1.82) is 0 Å². The van der Waals surface area contributed by atoms with E-state index in [9.17, 15) is 8.78 Å². The van der Waals surface area contributed by atoms with Gasteiger partial charge in [0.15, 0.2) is 5.82 Å². The maximum absolute atomic E-state index is 12.6. The number of rotatable bonds is 5. The molecule has 0 atom stereocenters. The van der Waals surface area contributed by atoms with Gasteiger partial charge >= 0.3 is 6.61 Å². The Morgan fingerprint density at radius 3 is 2.73 bits per heavy atom. The summed E-state index contributed by atoms with van der Waals surface area (Å²) in [5.41, 5.74) is 5.97. The number of anilines is 1. The van der Waals surface area contributed by atoms with E-state index in [4.69, 9.17) is 0 Å². The Bertz CT molecular complexity index is 985. The Morgan fingerprint density at radius 1 is 1.23 bits per heavy atom. The fourth-order valence-electron chi connectivity index (χ4n) is 2.59. The topological polar surface area (TPSA) is 59.4 Å². The van der Waals surface area contributed by atoms with Crippen molar-refractivity contribution in [2.75, 3.05) is 5.43 Å². The molecule has 5 nitrogen and oxygen atoms in total. The molecule has 0 saturated heterocycles. The van der Waals surface area contributed by atoms with E-state index < -0.39 is 6.61 Å². The van der Waals surface area contributed by atoms with Crippen LogP contribution in [-0.4, -0.2) is 22.3 Å². The van der Waals surface area contributed by atoms with Gasteiger partial charge in [-0.15, -0.1) is 11.3 Å². The summed E-state index contributed by atoms with van der Waals surface area (Å²) in [6, 6.07) is 4.99. The summed E-state index contributed by atoms with van der Waals surface area (Å²) in [5.74, 6) is 0.671. The number of hydrogen-bond acceptors (Lipinski definition) is 6. The maximum Gasteiger partial charge on any atom is 0.387 e. The molecule has 0 bridgehead atoms. The van der Waals surface area contributed by atoms with E-state index in [0.717, 1.165) is 26.2 Å². The summed E-state index contributed by atoms with van der Waals surface area (Å²) in [5, 5.41) is 5.25. The average Bonchev–Trinajstić information content (AvgIpc) is 2.89. The van der Waals surface area contributed by atoms with Crippen molar-refractivity contribution in [3.63, 3.8) is 0 Å². The van der Waals surface area contributed by atoms with Gasteiger partial charge in [-0.3, -0.25) is 5.43 Å². The van der Waals surface area contributed by atoms with Gasteiger partial charge < -0.3 is 4.74 Å². The molecule has 0 aliphatic carbocycles. The van der Waals surface area contributed by atoms with Crippen molar-refractivity contribution in [2.24, 2.45) is 5.10 Å². The molecule has 26 heavy (non-hydrogen) atoms. The van der Waals surface area contributed by atoms with Crippen LogP contribution in [0.3, 0.4) is 0 Å². The highest BCUT2D eigenvalue weighted by Crippen LogP contribution is 2.32. The van der Waals surface area contributed by atoms with Crippen LogP contribution in [0, 0.1) is 20.8 Å². The Hall–Kier alpha value is -2.61. The van der Waals surface area contributed by atoms with E-state index in [2.05, 4.69) is 25.2 Å². The van der Waals surface area contributed by atoms with Crippen LogP contribution in [0.5, 0.6) is 5.75 Å². The van der Waals surface area contributed by atoms with Gasteiger partial charge in [0.1, 0.15) is 16.9 Å². The third-order valence-corrected chi connectivity index (χ3v) is 5.15. The van der Waals surface area contributed by atoms with Crippen molar-refractivity contribution in [3.05, 3.63) is 46.1 Å². The smallest absolute Gasteiger partial charge is 0.387 e. The lowest BCUT2D eigenvalue weighted by atomic mass is 10.1. The van der Waals surface area contributed by atoms with E-state index >= 15 is 0 Å². The number of ether oxygens (including phenoxy) is 1. The molecule has 3 rings (SSSR count). The first-order chi connectivity index (χ1) is 12.4. The van der Waals surface area contributed by atoms with Gasteiger partial charge in [0.25, 0.3) is 0 Å². The lowest BCUT2D eigenvalue weighted by Crippen LogP contribution is -2.08. The summed E-state index contributed by atoms with van der Waals surface area (Å²) >= 11 is 1.59. The number of nitrogens with zero attached hydrogens (tertiary/aromatic N) is 3. The number of alkyl halides is 2. The second kappa shape index (κ2) is 7.33. The monoisotopic (exact) mass is 376 g/mol. The number of aryl methyl sites for hydroxylation is 3. The largest absolute Gasteiger partial charge is 0.434 e. The van der Waals surface area contributed by atoms with E-state index in [-0.39, 0.29) is 5.75 Å². The quantitative estimate of drug-likeness (QED) is 0.500. The minimum Gasteiger partial charge on any atom is -0.434 e. The highest BCUT2D eigenvalue weighted by molar-refractivity contribution is 7.18. The number of hydrazone groups is 1. The van der Waals surface area contributed by atoms with Crippen LogP contribution in [0.25, 0.3) is 10.2 Å². The zero-order valence-electron chi connectivity index (χ0n) is 14.8. The Kier molecular flexibility index (Phi) is 5.13. The summed E-state index contributed by atoms with van der Waals surface area (Å²) in [6.07, 6.45) is 1.48. The highest BCUT2D eigenvalue weighted by Gasteiger charge is 2.14. The number of fused-ring (bicyclic) bond motifs is 1. The minimum atomic E-state index is -2.89. The van der Waals surface area contributed by atoms with E-state index in [1.165, 1.54) is 12.4 Å². The predicted octanol–water partition coefficient (Wildman–Crippen LogP) is 5.05. The molecule has 0 unspecified atom stereocenters.